The predicted molar refractivity (Wildman–Crippen MR) is 60.3 cm³/mol. The second-order valence-electron chi connectivity index (χ2n) is 4.52. The molecule has 76 valence electrons. The molecular weight excluding hydrogens is 180 g/mol. The summed E-state index contributed by atoms with van der Waals surface area (Å²) >= 11 is 6.15. The van der Waals surface area contributed by atoms with E-state index in [1.807, 2.05) is 0 Å². The maximum atomic E-state index is 6.15. The third kappa shape index (κ3) is 4.71. The van der Waals surface area contributed by atoms with E-state index in [4.69, 9.17) is 11.6 Å². The van der Waals surface area contributed by atoms with Gasteiger partial charge < -0.3 is 0 Å². The molecule has 1 aliphatic rings. The van der Waals surface area contributed by atoms with Crippen LogP contribution in [0.1, 0.15) is 52.4 Å². The van der Waals surface area contributed by atoms with Crippen molar-refractivity contribution in [2.45, 2.75) is 57.7 Å². The smallest absolute Gasteiger partial charge is 0.0518 e. The predicted octanol–water partition coefficient (Wildman–Crippen LogP) is 4.53. The van der Waals surface area contributed by atoms with Crippen LogP contribution in [-0.2, 0) is 0 Å². The molecule has 1 unspecified atom stereocenters. The van der Waals surface area contributed by atoms with Gasteiger partial charge in [-0.2, -0.15) is 0 Å². The lowest BCUT2D eigenvalue weighted by molar-refractivity contribution is 0.574. The van der Waals surface area contributed by atoms with Crippen molar-refractivity contribution < 1.29 is 0 Å². The minimum atomic E-state index is 0.310. The van der Waals surface area contributed by atoms with Gasteiger partial charge in [-0.05, 0) is 38.0 Å². The Kier molecular flexibility index (Phi) is 4.87. The van der Waals surface area contributed by atoms with Crippen molar-refractivity contribution in [3.63, 3.8) is 0 Å². The second kappa shape index (κ2) is 5.70. The topological polar surface area (TPSA) is 0 Å². The fourth-order valence-corrected chi connectivity index (χ4v) is 2.13. The summed E-state index contributed by atoms with van der Waals surface area (Å²) in [6.45, 7) is 4.57. The molecule has 0 fully saturated rings. The highest BCUT2D eigenvalue weighted by atomic mass is 35.5. The van der Waals surface area contributed by atoms with Gasteiger partial charge in [0.15, 0.2) is 0 Å². The van der Waals surface area contributed by atoms with E-state index in [1.165, 1.54) is 38.5 Å². The van der Waals surface area contributed by atoms with E-state index in [2.05, 4.69) is 19.9 Å². The van der Waals surface area contributed by atoms with Crippen LogP contribution in [-0.4, -0.2) is 5.38 Å². The largest absolute Gasteiger partial charge is 0.118 e. The van der Waals surface area contributed by atoms with Crippen LogP contribution in [0.2, 0.25) is 0 Å². The summed E-state index contributed by atoms with van der Waals surface area (Å²) in [6.07, 6.45) is 9.99. The minimum Gasteiger partial charge on any atom is -0.118 e. The van der Waals surface area contributed by atoms with Crippen molar-refractivity contribution in [3.8, 4) is 0 Å². The molecule has 0 radical (unpaired) electrons. The molecule has 0 aromatic heterocycles. The molecule has 1 rings (SSSR count). The average molecular weight is 201 g/mol. The van der Waals surface area contributed by atoms with Crippen LogP contribution < -0.4 is 0 Å². The van der Waals surface area contributed by atoms with Crippen molar-refractivity contribution in [2.75, 3.05) is 0 Å². The number of alkyl halides is 1. The summed E-state index contributed by atoms with van der Waals surface area (Å²) in [6, 6.07) is 0. The van der Waals surface area contributed by atoms with Crippen molar-refractivity contribution >= 4 is 11.6 Å². The first kappa shape index (κ1) is 11.1. The van der Waals surface area contributed by atoms with Crippen LogP contribution in [0.4, 0.5) is 0 Å². The van der Waals surface area contributed by atoms with Crippen LogP contribution >= 0.6 is 11.6 Å². The van der Waals surface area contributed by atoms with Gasteiger partial charge in [-0.25, -0.2) is 0 Å². The van der Waals surface area contributed by atoms with Gasteiger partial charge in [0, 0.05) is 0 Å². The lowest BCUT2D eigenvalue weighted by atomic mass is 10.00. The molecule has 0 aromatic rings. The van der Waals surface area contributed by atoms with Crippen LogP contribution in [0.3, 0.4) is 0 Å². The molecule has 0 saturated heterocycles. The first-order chi connectivity index (χ1) is 6.18. The number of hydrogen-bond acceptors (Lipinski definition) is 0. The molecule has 0 saturated carbocycles. The van der Waals surface area contributed by atoms with E-state index in [0.29, 0.717) is 5.38 Å². The lowest BCUT2D eigenvalue weighted by Gasteiger charge is -2.07. The minimum absolute atomic E-state index is 0.310. The normalized spacial score (nSPS) is 24.3. The Bertz CT molecular complexity index is 170. The molecule has 13 heavy (non-hydrogen) atoms. The van der Waals surface area contributed by atoms with Gasteiger partial charge >= 0.3 is 0 Å². The zero-order valence-corrected chi connectivity index (χ0v) is 9.61. The molecule has 1 atom stereocenters. The SMILES string of the molecule is CC(C)CCC1=CC(Cl)CCCC1. The monoisotopic (exact) mass is 200 g/mol. The highest BCUT2D eigenvalue weighted by Crippen LogP contribution is 2.25. The molecule has 0 bridgehead atoms. The molecular formula is C12H21Cl. The summed E-state index contributed by atoms with van der Waals surface area (Å²) in [5, 5.41) is 0.310. The summed E-state index contributed by atoms with van der Waals surface area (Å²) in [7, 11) is 0. The average Bonchev–Trinajstić information content (AvgIpc) is 2.26. The van der Waals surface area contributed by atoms with E-state index in [-0.39, 0.29) is 0 Å². The first-order valence-electron chi connectivity index (χ1n) is 5.52. The molecule has 1 aliphatic carbocycles. The van der Waals surface area contributed by atoms with Crippen molar-refractivity contribution in [1.29, 1.82) is 0 Å². The summed E-state index contributed by atoms with van der Waals surface area (Å²) < 4.78 is 0. The standard InChI is InChI=1S/C12H21Cl/c1-10(2)7-8-11-5-3-4-6-12(13)9-11/h9-10,12H,3-8H2,1-2H3. The third-order valence-corrected chi connectivity index (χ3v) is 3.03. The quantitative estimate of drug-likeness (QED) is 0.464. The van der Waals surface area contributed by atoms with Gasteiger partial charge in [0.25, 0.3) is 0 Å². The summed E-state index contributed by atoms with van der Waals surface area (Å²) in [5.74, 6) is 0.818. The molecule has 0 aliphatic heterocycles. The van der Waals surface area contributed by atoms with E-state index >= 15 is 0 Å². The third-order valence-electron chi connectivity index (χ3n) is 2.69. The Morgan fingerprint density at radius 2 is 2.23 bits per heavy atom. The van der Waals surface area contributed by atoms with E-state index in [1.54, 1.807) is 5.57 Å². The van der Waals surface area contributed by atoms with E-state index in [0.717, 1.165) is 5.92 Å². The van der Waals surface area contributed by atoms with E-state index < -0.39 is 0 Å². The maximum Gasteiger partial charge on any atom is 0.0518 e. The second-order valence-corrected chi connectivity index (χ2v) is 5.08. The summed E-state index contributed by atoms with van der Waals surface area (Å²) in [4.78, 5) is 0. The maximum absolute atomic E-state index is 6.15. The Morgan fingerprint density at radius 1 is 1.46 bits per heavy atom. The Balaban J connectivity index is 2.37. The highest BCUT2D eigenvalue weighted by Gasteiger charge is 2.09. The number of rotatable bonds is 3. The molecule has 0 N–H and O–H groups in total. The van der Waals surface area contributed by atoms with Crippen molar-refractivity contribution in [1.82, 2.24) is 0 Å². The summed E-state index contributed by atoms with van der Waals surface area (Å²) in [5.41, 5.74) is 1.60. The number of halogens is 1. The Morgan fingerprint density at radius 3 is 2.92 bits per heavy atom. The fourth-order valence-electron chi connectivity index (χ4n) is 1.80. The van der Waals surface area contributed by atoms with Crippen LogP contribution in [0, 0.1) is 5.92 Å². The molecule has 1 heteroatoms. The van der Waals surface area contributed by atoms with E-state index in [9.17, 15) is 0 Å². The number of hydrogen-bond donors (Lipinski definition) is 0. The zero-order valence-electron chi connectivity index (χ0n) is 8.85. The zero-order chi connectivity index (χ0) is 9.68. The van der Waals surface area contributed by atoms with Gasteiger partial charge in [-0.1, -0.05) is 31.9 Å². The van der Waals surface area contributed by atoms with Crippen molar-refractivity contribution in [3.05, 3.63) is 11.6 Å². The van der Waals surface area contributed by atoms with Gasteiger partial charge in [0.1, 0.15) is 0 Å². The molecule has 0 amide bonds. The molecule has 0 heterocycles. The van der Waals surface area contributed by atoms with Gasteiger partial charge in [-0.3, -0.25) is 0 Å². The fraction of sp³-hybridized carbons (Fsp3) is 0.833. The first-order valence-corrected chi connectivity index (χ1v) is 5.95. The molecule has 0 nitrogen and oxygen atoms in total. The Hall–Kier alpha value is 0.0300. The van der Waals surface area contributed by atoms with Gasteiger partial charge in [0.2, 0.25) is 0 Å². The van der Waals surface area contributed by atoms with Gasteiger partial charge in [-0.15, -0.1) is 11.6 Å². The van der Waals surface area contributed by atoms with Crippen LogP contribution in [0.15, 0.2) is 11.6 Å². The molecule has 0 aromatic carbocycles. The lowest BCUT2D eigenvalue weighted by Crippen LogP contribution is -1.93. The molecule has 0 spiro atoms. The Labute approximate surface area is 87.4 Å². The van der Waals surface area contributed by atoms with Crippen LogP contribution in [0.25, 0.3) is 0 Å². The van der Waals surface area contributed by atoms with Crippen molar-refractivity contribution in [2.24, 2.45) is 5.92 Å². The van der Waals surface area contributed by atoms with Gasteiger partial charge in [0.05, 0.1) is 5.38 Å². The highest BCUT2D eigenvalue weighted by molar-refractivity contribution is 6.21. The number of allylic oxidation sites excluding steroid dienone is 2. The van der Waals surface area contributed by atoms with Crippen LogP contribution in [0.5, 0.6) is 0 Å².